The SMILES string of the molecule is CCNC(=NCc1ccccc1S(=O)(=O)N(C)C)NCC(C)Oc1ccccc1F. The summed E-state index contributed by atoms with van der Waals surface area (Å²) < 4.78 is 45.6. The normalized spacial score (nSPS) is 13.2. The minimum absolute atomic E-state index is 0.182. The molecule has 0 radical (unpaired) electrons. The van der Waals surface area contributed by atoms with Crippen LogP contribution in [0, 0.1) is 5.82 Å². The number of sulfonamides is 1. The highest BCUT2D eigenvalue weighted by Gasteiger charge is 2.20. The zero-order chi connectivity index (χ0) is 22.1. The van der Waals surface area contributed by atoms with Crippen LogP contribution in [-0.2, 0) is 16.6 Å². The van der Waals surface area contributed by atoms with Gasteiger partial charge >= 0.3 is 0 Å². The number of rotatable bonds is 9. The van der Waals surface area contributed by atoms with E-state index in [4.69, 9.17) is 4.74 Å². The standard InChI is InChI=1S/C21H29FN4O3S/c1-5-23-21(24-14-16(2)29-19-12-8-7-11-18(19)22)25-15-17-10-6-9-13-20(17)30(27,28)26(3)4/h6-13,16H,5,14-15H2,1-4H3,(H2,23,24,25). The van der Waals surface area contributed by atoms with Gasteiger partial charge < -0.3 is 15.4 Å². The number of aliphatic imine (C=N–C) groups is 1. The Morgan fingerprint density at radius 2 is 1.80 bits per heavy atom. The summed E-state index contributed by atoms with van der Waals surface area (Å²) in [7, 11) is -0.568. The Hall–Kier alpha value is -2.65. The van der Waals surface area contributed by atoms with Crippen LogP contribution in [0.4, 0.5) is 4.39 Å². The molecule has 2 aromatic rings. The summed E-state index contributed by atoms with van der Waals surface area (Å²) >= 11 is 0. The highest BCUT2D eigenvalue weighted by atomic mass is 32.2. The topological polar surface area (TPSA) is 83.0 Å². The van der Waals surface area contributed by atoms with Gasteiger partial charge in [0.15, 0.2) is 17.5 Å². The molecule has 164 valence electrons. The largest absolute Gasteiger partial charge is 0.486 e. The van der Waals surface area contributed by atoms with Gasteiger partial charge in [0.05, 0.1) is 18.0 Å². The highest BCUT2D eigenvalue weighted by Crippen LogP contribution is 2.19. The van der Waals surface area contributed by atoms with Gasteiger partial charge in [-0.15, -0.1) is 0 Å². The molecule has 2 aromatic carbocycles. The van der Waals surface area contributed by atoms with Crippen molar-refractivity contribution in [2.24, 2.45) is 4.99 Å². The van der Waals surface area contributed by atoms with Crippen molar-refractivity contribution in [2.75, 3.05) is 27.2 Å². The van der Waals surface area contributed by atoms with Crippen LogP contribution in [0.1, 0.15) is 19.4 Å². The molecule has 0 heterocycles. The summed E-state index contributed by atoms with van der Waals surface area (Å²) in [4.78, 5) is 4.72. The van der Waals surface area contributed by atoms with Crippen molar-refractivity contribution in [1.29, 1.82) is 0 Å². The van der Waals surface area contributed by atoms with Crippen molar-refractivity contribution in [1.82, 2.24) is 14.9 Å². The monoisotopic (exact) mass is 436 g/mol. The van der Waals surface area contributed by atoms with Crippen LogP contribution in [0.3, 0.4) is 0 Å². The molecule has 0 aliphatic heterocycles. The van der Waals surface area contributed by atoms with Crippen LogP contribution < -0.4 is 15.4 Å². The van der Waals surface area contributed by atoms with Crippen molar-refractivity contribution in [3.05, 3.63) is 59.9 Å². The number of guanidine groups is 1. The fourth-order valence-corrected chi connectivity index (χ4v) is 3.74. The summed E-state index contributed by atoms with van der Waals surface area (Å²) in [6, 6.07) is 13.0. The van der Waals surface area contributed by atoms with Gasteiger partial charge in [-0.05, 0) is 37.6 Å². The molecule has 0 aliphatic rings. The lowest BCUT2D eigenvalue weighted by atomic mass is 10.2. The Balaban J connectivity index is 2.08. The first-order chi connectivity index (χ1) is 14.3. The zero-order valence-electron chi connectivity index (χ0n) is 17.7. The first-order valence-electron chi connectivity index (χ1n) is 9.69. The predicted octanol–water partition coefficient (Wildman–Crippen LogP) is 2.60. The first kappa shape index (κ1) is 23.6. The van der Waals surface area contributed by atoms with Gasteiger partial charge in [0.1, 0.15) is 6.10 Å². The second-order valence-electron chi connectivity index (χ2n) is 6.83. The third-order valence-corrected chi connectivity index (χ3v) is 6.12. The Kier molecular flexibility index (Phi) is 8.61. The quantitative estimate of drug-likeness (QED) is 0.466. The molecule has 0 fully saturated rings. The van der Waals surface area contributed by atoms with Crippen LogP contribution in [-0.4, -0.2) is 52.0 Å². The highest BCUT2D eigenvalue weighted by molar-refractivity contribution is 7.89. The maximum Gasteiger partial charge on any atom is 0.242 e. The van der Waals surface area contributed by atoms with E-state index in [-0.39, 0.29) is 23.3 Å². The number of nitrogens with zero attached hydrogens (tertiary/aromatic N) is 2. The fraction of sp³-hybridized carbons (Fsp3) is 0.381. The van der Waals surface area contributed by atoms with E-state index >= 15 is 0 Å². The van der Waals surface area contributed by atoms with Crippen LogP contribution in [0.2, 0.25) is 0 Å². The summed E-state index contributed by atoms with van der Waals surface area (Å²) in [5.74, 6) is 0.290. The molecule has 0 aliphatic carbocycles. The van der Waals surface area contributed by atoms with Crippen molar-refractivity contribution in [2.45, 2.75) is 31.4 Å². The van der Waals surface area contributed by atoms with E-state index in [9.17, 15) is 12.8 Å². The maximum absolute atomic E-state index is 13.7. The molecule has 0 saturated heterocycles. The lowest BCUT2D eigenvalue weighted by molar-refractivity contribution is 0.214. The lowest BCUT2D eigenvalue weighted by Gasteiger charge is -2.18. The molecule has 0 saturated carbocycles. The number of nitrogens with one attached hydrogen (secondary N) is 2. The smallest absolute Gasteiger partial charge is 0.242 e. The second kappa shape index (κ2) is 10.9. The molecule has 1 atom stereocenters. The number of hydrogen-bond donors (Lipinski definition) is 2. The number of ether oxygens (including phenoxy) is 1. The molecular weight excluding hydrogens is 407 g/mol. The second-order valence-corrected chi connectivity index (χ2v) is 8.95. The van der Waals surface area contributed by atoms with Crippen molar-refractivity contribution in [3.63, 3.8) is 0 Å². The third kappa shape index (κ3) is 6.43. The maximum atomic E-state index is 13.7. The number of halogens is 1. The van der Waals surface area contributed by atoms with Gasteiger partial charge in [0.2, 0.25) is 10.0 Å². The van der Waals surface area contributed by atoms with E-state index in [0.29, 0.717) is 24.6 Å². The van der Waals surface area contributed by atoms with E-state index in [0.717, 1.165) is 0 Å². The lowest BCUT2D eigenvalue weighted by Crippen LogP contribution is -2.41. The average Bonchev–Trinajstić information content (AvgIpc) is 2.72. The molecule has 0 aromatic heterocycles. The molecule has 9 heteroatoms. The van der Waals surface area contributed by atoms with Crippen LogP contribution in [0.15, 0.2) is 58.4 Å². The van der Waals surface area contributed by atoms with E-state index in [1.807, 2.05) is 13.8 Å². The van der Waals surface area contributed by atoms with Gasteiger partial charge in [-0.1, -0.05) is 30.3 Å². The number of benzene rings is 2. The van der Waals surface area contributed by atoms with E-state index < -0.39 is 15.8 Å². The number of hydrogen-bond acceptors (Lipinski definition) is 4. The summed E-state index contributed by atoms with van der Waals surface area (Å²) in [6.45, 7) is 4.95. The molecular formula is C21H29FN4O3S. The number of para-hydroxylation sites is 1. The van der Waals surface area contributed by atoms with Crippen LogP contribution >= 0.6 is 0 Å². The van der Waals surface area contributed by atoms with Gasteiger partial charge in [-0.25, -0.2) is 22.1 Å². The molecule has 7 nitrogen and oxygen atoms in total. The molecule has 0 amide bonds. The van der Waals surface area contributed by atoms with Gasteiger partial charge in [0.25, 0.3) is 0 Å². The average molecular weight is 437 g/mol. The Bertz CT molecular complexity index is 964. The van der Waals surface area contributed by atoms with Crippen molar-refractivity contribution < 1.29 is 17.5 Å². The minimum Gasteiger partial charge on any atom is -0.486 e. The zero-order valence-corrected chi connectivity index (χ0v) is 18.5. The minimum atomic E-state index is -3.56. The Morgan fingerprint density at radius 1 is 1.13 bits per heavy atom. The predicted molar refractivity (Wildman–Crippen MR) is 117 cm³/mol. The van der Waals surface area contributed by atoms with Gasteiger partial charge in [0, 0.05) is 20.6 Å². The van der Waals surface area contributed by atoms with Crippen molar-refractivity contribution in [3.8, 4) is 5.75 Å². The van der Waals surface area contributed by atoms with Gasteiger partial charge in [-0.3, -0.25) is 0 Å². The van der Waals surface area contributed by atoms with Gasteiger partial charge in [-0.2, -0.15) is 0 Å². The Morgan fingerprint density at radius 3 is 2.47 bits per heavy atom. The molecule has 2 N–H and O–H groups in total. The van der Waals surface area contributed by atoms with Crippen molar-refractivity contribution >= 4 is 16.0 Å². The van der Waals surface area contributed by atoms with Crippen LogP contribution in [0.5, 0.6) is 5.75 Å². The third-order valence-electron chi connectivity index (χ3n) is 4.20. The summed E-state index contributed by atoms with van der Waals surface area (Å²) in [6.07, 6.45) is -0.313. The molecule has 2 rings (SSSR count). The molecule has 0 bridgehead atoms. The van der Waals surface area contributed by atoms with Crippen LogP contribution in [0.25, 0.3) is 0 Å². The first-order valence-corrected chi connectivity index (χ1v) is 11.1. The molecule has 0 spiro atoms. The summed E-state index contributed by atoms with van der Waals surface area (Å²) in [5, 5.41) is 6.26. The molecule has 1 unspecified atom stereocenters. The van der Waals surface area contributed by atoms with E-state index in [1.54, 1.807) is 42.5 Å². The van der Waals surface area contributed by atoms with E-state index in [2.05, 4.69) is 15.6 Å². The molecule has 30 heavy (non-hydrogen) atoms. The fourth-order valence-electron chi connectivity index (χ4n) is 2.63. The Labute approximate surface area is 178 Å². The van der Waals surface area contributed by atoms with E-state index in [1.165, 1.54) is 24.5 Å². The summed E-state index contributed by atoms with van der Waals surface area (Å²) in [5.41, 5.74) is 0.596.